The number of carbonyl (C=O) groups excluding carboxylic acids is 2. The summed E-state index contributed by atoms with van der Waals surface area (Å²) in [6, 6.07) is 7.72. The Morgan fingerprint density at radius 2 is 2.06 bits per heavy atom. The van der Waals surface area contributed by atoms with Crippen molar-refractivity contribution in [2.24, 2.45) is 0 Å². The maximum atomic E-state index is 13.3. The van der Waals surface area contributed by atoms with Crippen LogP contribution < -0.4 is 5.32 Å². The highest BCUT2D eigenvalue weighted by molar-refractivity contribution is 5.94. The maximum absolute atomic E-state index is 13.3. The number of fused-ring (bicyclic) bond motifs is 1. The third kappa shape index (κ3) is 4.44. The van der Waals surface area contributed by atoms with Crippen LogP contribution in [0.3, 0.4) is 0 Å². The number of aromatic nitrogens is 2. The molecule has 33 heavy (non-hydrogen) atoms. The lowest BCUT2D eigenvalue weighted by molar-refractivity contribution is -0.128. The third-order valence-corrected chi connectivity index (χ3v) is 7.06. The lowest BCUT2D eigenvalue weighted by atomic mass is 10.0. The first-order valence-electron chi connectivity index (χ1n) is 11.9. The SMILES string of the molecule is CNc1nc([C@@H]2CCN(C(=O)c3cccc(CN4CCCC4=O)c3)C2)nc2c1CN(C)CC2. The van der Waals surface area contributed by atoms with Gasteiger partial charge in [-0.1, -0.05) is 12.1 Å². The van der Waals surface area contributed by atoms with Crippen molar-refractivity contribution < 1.29 is 9.59 Å². The number of nitrogens with zero attached hydrogens (tertiary/aromatic N) is 5. The normalized spacial score (nSPS) is 20.9. The van der Waals surface area contributed by atoms with Gasteiger partial charge in [-0.2, -0.15) is 0 Å². The van der Waals surface area contributed by atoms with Gasteiger partial charge in [0.2, 0.25) is 5.91 Å². The summed E-state index contributed by atoms with van der Waals surface area (Å²) in [5, 5.41) is 3.25. The molecule has 2 fully saturated rings. The average molecular weight is 449 g/mol. The lowest BCUT2D eigenvalue weighted by Gasteiger charge is -2.26. The van der Waals surface area contributed by atoms with Gasteiger partial charge in [0.25, 0.3) is 5.91 Å². The molecule has 5 rings (SSSR count). The Morgan fingerprint density at radius 3 is 2.85 bits per heavy atom. The first-order chi connectivity index (χ1) is 16.0. The predicted octanol–water partition coefficient (Wildman–Crippen LogP) is 2.26. The number of rotatable bonds is 5. The molecule has 3 aliphatic heterocycles. The van der Waals surface area contributed by atoms with Crippen LogP contribution >= 0.6 is 0 Å². The minimum Gasteiger partial charge on any atom is -0.373 e. The van der Waals surface area contributed by atoms with Gasteiger partial charge in [0.1, 0.15) is 11.6 Å². The van der Waals surface area contributed by atoms with Crippen LogP contribution in [-0.2, 0) is 24.3 Å². The third-order valence-electron chi connectivity index (χ3n) is 7.06. The van der Waals surface area contributed by atoms with Gasteiger partial charge in [-0.3, -0.25) is 9.59 Å². The summed E-state index contributed by atoms with van der Waals surface area (Å²) >= 11 is 0. The standard InChI is InChI=1S/C25H32N6O2/c1-26-24-20-16-29(2)11-9-21(20)27-23(28-24)19-8-12-31(15-19)25(33)18-6-3-5-17(13-18)14-30-10-4-7-22(30)32/h3,5-6,13,19H,4,7-12,14-16H2,1-2H3,(H,26,27,28)/t19-/m1/s1. The second-order valence-electron chi connectivity index (χ2n) is 9.45. The van der Waals surface area contributed by atoms with Crippen molar-refractivity contribution in [2.45, 2.75) is 44.7 Å². The summed E-state index contributed by atoms with van der Waals surface area (Å²) in [5.41, 5.74) is 4.02. The zero-order valence-corrected chi connectivity index (χ0v) is 19.5. The van der Waals surface area contributed by atoms with E-state index in [-0.39, 0.29) is 17.7 Å². The monoisotopic (exact) mass is 448 g/mol. The highest BCUT2D eigenvalue weighted by Crippen LogP contribution is 2.30. The van der Waals surface area contributed by atoms with E-state index in [0.717, 1.165) is 61.8 Å². The summed E-state index contributed by atoms with van der Waals surface area (Å²) in [6.07, 6.45) is 3.35. The topological polar surface area (TPSA) is 81.7 Å². The first kappa shape index (κ1) is 21.8. The summed E-state index contributed by atoms with van der Waals surface area (Å²) in [5.74, 6) is 2.15. The molecule has 1 N–H and O–H groups in total. The molecule has 1 aromatic heterocycles. The zero-order chi connectivity index (χ0) is 22.9. The number of likely N-dealkylation sites (N-methyl/N-ethyl adjacent to an activating group) is 1. The number of hydrogen-bond donors (Lipinski definition) is 1. The van der Waals surface area contributed by atoms with Crippen molar-refractivity contribution in [1.29, 1.82) is 0 Å². The molecule has 1 atom stereocenters. The number of carbonyl (C=O) groups is 2. The highest BCUT2D eigenvalue weighted by Gasteiger charge is 2.31. The molecule has 1 aromatic carbocycles. The van der Waals surface area contributed by atoms with Gasteiger partial charge in [0.05, 0.1) is 5.69 Å². The number of nitrogens with one attached hydrogen (secondary N) is 1. The van der Waals surface area contributed by atoms with Gasteiger partial charge >= 0.3 is 0 Å². The number of anilines is 1. The predicted molar refractivity (Wildman–Crippen MR) is 126 cm³/mol. The Labute approximate surface area is 195 Å². The summed E-state index contributed by atoms with van der Waals surface area (Å²) in [7, 11) is 4.03. The molecule has 8 nitrogen and oxygen atoms in total. The number of amides is 2. The Balaban J connectivity index is 1.29. The van der Waals surface area contributed by atoms with E-state index < -0.39 is 0 Å². The molecule has 0 aliphatic carbocycles. The van der Waals surface area contributed by atoms with Crippen LogP contribution in [0.25, 0.3) is 0 Å². The molecular formula is C25H32N6O2. The van der Waals surface area contributed by atoms with Crippen molar-refractivity contribution in [3.05, 3.63) is 52.5 Å². The van der Waals surface area contributed by atoms with E-state index in [9.17, 15) is 9.59 Å². The van der Waals surface area contributed by atoms with Crippen LogP contribution in [0.2, 0.25) is 0 Å². The molecule has 174 valence electrons. The summed E-state index contributed by atoms with van der Waals surface area (Å²) < 4.78 is 0. The molecule has 0 saturated carbocycles. The van der Waals surface area contributed by atoms with E-state index in [0.29, 0.717) is 31.6 Å². The quantitative estimate of drug-likeness (QED) is 0.756. The van der Waals surface area contributed by atoms with Crippen molar-refractivity contribution in [3.8, 4) is 0 Å². The molecule has 2 aromatic rings. The van der Waals surface area contributed by atoms with Gasteiger partial charge in [0.15, 0.2) is 0 Å². The van der Waals surface area contributed by atoms with Crippen LogP contribution in [0, 0.1) is 0 Å². The molecular weight excluding hydrogens is 416 g/mol. The van der Waals surface area contributed by atoms with Crippen LogP contribution in [0.5, 0.6) is 0 Å². The Morgan fingerprint density at radius 1 is 1.18 bits per heavy atom. The molecule has 2 amide bonds. The molecule has 3 aliphatic rings. The van der Waals surface area contributed by atoms with Crippen LogP contribution in [0.4, 0.5) is 5.82 Å². The second-order valence-corrected chi connectivity index (χ2v) is 9.45. The molecule has 0 bridgehead atoms. The largest absolute Gasteiger partial charge is 0.373 e. The van der Waals surface area contributed by atoms with E-state index in [2.05, 4.69) is 17.3 Å². The van der Waals surface area contributed by atoms with Crippen LogP contribution in [0.1, 0.15) is 58.2 Å². The van der Waals surface area contributed by atoms with Gasteiger partial charge in [-0.05, 0) is 37.6 Å². The molecule has 4 heterocycles. The minimum atomic E-state index is 0.0422. The van der Waals surface area contributed by atoms with Crippen LogP contribution in [-0.4, -0.2) is 76.8 Å². The van der Waals surface area contributed by atoms with Crippen molar-refractivity contribution in [3.63, 3.8) is 0 Å². The fraction of sp³-hybridized carbons (Fsp3) is 0.520. The van der Waals surface area contributed by atoms with E-state index in [1.54, 1.807) is 0 Å². The fourth-order valence-corrected chi connectivity index (χ4v) is 5.19. The van der Waals surface area contributed by atoms with Crippen LogP contribution in [0.15, 0.2) is 24.3 Å². The van der Waals surface area contributed by atoms with E-state index in [1.807, 2.05) is 41.1 Å². The number of hydrogen-bond acceptors (Lipinski definition) is 6. The molecule has 0 unspecified atom stereocenters. The van der Waals surface area contributed by atoms with Gasteiger partial charge in [-0.25, -0.2) is 9.97 Å². The average Bonchev–Trinajstić information content (AvgIpc) is 3.48. The summed E-state index contributed by atoms with van der Waals surface area (Å²) in [4.78, 5) is 41.1. The zero-order valence-electron chi connectivity index (χ0n) is 19.5. The highest BCUT2D eigenvalue weighted by atomic mass is 16.2. The Kier molecular flexibility index (Phi) is 6.01. The molecule has 2 saturated heterocycles. The number of benzene rings is 1. The van der Waals surface area contributed by atoms with E-state index in [4.69, 9.17) is 9.97 Å². The molecule has 8 heteroatoms. The fourth-order valence-electron chi connectivity index (χ4n) is 5.19. The van der Waals surface area contributed by atoms with E-state index in [1.165, 1.54) is 5.56 Å². The Bertz CT molecular complexity index is 1050. The summed E-state index contributed by atoms with van der Waals surface area (Å²) in [6.45, 7) is 4.58. The van der Waals surface area contributed by atoms with Crippen molar-refractivity contribution >= 4 is 17.6 Å². The molecule has 0 spiro atoms. The first-order valence-corrected chi connectivity index (χ1v) is 11.9. The van der Waals surface area contributed by atoms with Crippen molar-refractivity contribution in [1.82, 2.24) is 24.7 Å². The smallest absolute Gasteiger partial charge is 0.253 e. The number of likely N-dealkylation sites (tertiary alicyclic amines) is 2. The minimum absolute atomic E-state index is 0.0422. The maximum Gasteiger partial charge on any atom is 0.253 e. The second kappa shape index (κ2) is 9.09. The van der Waals surface area contributed by atoms with Gasteiger partial charge in [-0.15, -0.1) is 0 Å². The lowest BCUT2D eigenvalue weighted by Crippen LogP contribution is -2.30. The Hall–Kier alpha value is -3.00. The van der Waals surface area contributed by atoms with Gasteiger partial charge in [0, 0.05) is 76.2 Å². The molecule has 0 radical (unpaired) electrons. The van der Waals surface area contributed by atoms with E-state index >= 15 is 0 Å². The van der Waals surface area contributed by atoms with Gasteiger partial charge < -0.3 is 20.0 Å². The van der Waals surface area contributed by atoms with Crippen molar-refractivity contribution in [2.75, 3.05) is 45.6 Å².